The number of amides is 1. The van der Waals surface area contributed by atoms with E-state index in [9.17, 15) is 4.79 Å². The van der Waals surface area contributed by atoms with Crippen molar-refractivity contribution >= 4 is 5.91 Å². The minimum absolute atomic E-state index is 0.00221. The maximum atomic E-state index is 12.7. The van der Waals surface area contributed by atoms with Gasteiger partial charge in [0, 0.05) is 38.3 Å². The highest BCUT2D eigenvalue weighted by Gasteiger charge is 2.21. The van der Waals surface area contributed by atoms with Crippen LogP contribution in [0.1, 0.15) is 27.5 Å². The summed E-state index contributed by atoms with van der Waals surface area (Å²) >= 11 is 0. The first-order valence-electron chi connectivity index (χ1n) is 8.95. The third-order valence-corrected chi connectivity index (χ3v) is 4.82. The summed E-state index contributed by atoms with van der Waals surface area (Å²) in [7, 11) is 2.16. The number of rotatable bonds is 5. The summed E-state index contributed by atoms with van der Waals surface area (Å²) in [6.45, 7) is 7.09. The zero-order chi connectivity index (χ0) is 17.6. The zero-order valence-corrected chi connectivity index (χ0v) is 15.1. The lowest BCUT2D eigenvalue weighted by atomic mass is 10.0. The monoisotopic (exact) mass is 337 g/mol. The molecule has 132 valence electrons. The molecule has 25 heavy (non-hydrogen) atoms. The Morgan fingerprint density at radius 2 is 1.76 bits per heavy atom. The minimum Gasteiger partial charge on any atom is -0.344 e. The van der Waals surface area contributed by atoms with Gasteiger partial charge in [-0.25, -0.2) is 0 Å². The van der Waals surface area contributed by atoms with Gasteiger partial charge in [-0.15, -0.1) is 0 Å². The number of nitrogens with zero attached hydrogens (tertiary/aromatic N) is 2. The predicted octanol–water partition coefficient (Wildman–Crippen LogP) is 2.71. The Balaban J connectivity index is 1.73. The van der Waals surface area contributed by atoms with Crippen molar-refractivity contribution in [1.29, 1.82) is 0 Å². The standard InChI is InChI=1S/C21H27N3O/c1-17-7-6-10-19(15-17)21(25)22-20(18-8-4-3-5-9-18)16-24-13-11-23(2)12-14-24/h3-10,15,20H,11-14,16H2,1-2H3,(H,22,25). The smallest absolute Gasteiger partial charge is 0.251 e. The SMILES string of the molecule is Cc1cccc(C(=O)NC(CN2CCN(C)CC2)c2ccccc2)c1. The van der Waals surface area contributed by atoms with Gasteiger partial charge in [-0.05, 0) is 31.7 Å². The van der Waals surface area contributed by atoms with E-state index in [-0.39, 0.29) is 11.9 Å². The van der Waals surface area contributed by atoms with Crippen LogP contribution in [-0.4, -0.2) is 55.5 Å². The number of piperazine rings is 1. The van der Waals surface area contributed by atoms with E-state index in [0.29, 0.717) is 0 Å². The van der Waals surface area contributed by atoms with Gasteiger partial charge in [-0.1, -0.05) is 48.0 Å². The number of nitrogens with one attached hydrogen (secondary N) is 1. The zero-order valence-electron chi connectivity index (χ0n) is 15.1. The molecule has 1 saturated heterocycles. The highest BCUT2D eigenvalue weighted by molar-refractivity contribution is 5.94. The van der Waals surface area contributed by atoms with E-state index >= 15 is 0 Å². The summed E-state index contributed by atoms with van der Waals surface area (Å²) in [6, 6.07) is 18.0. The molecule has 1 heterocycles. The summed E-state index contributed by atoms with van der Waals surface area (Å²) in [5.41, 5.74) is 2.98. The topological polar surface area (TPSA) is 35.6 Å². The summed E-state index contributed by atoms with van der Waals surface area (Å²) in [5, 5.41) is 3.24. The van der Waals surface area contributed by atoms with Crippen molar-refractivity contribution < 1.29 is 4.79 Å². The molecule has 1 amide bonds. The van der Waals surface area contributed by atoms with Crippen LogP contribution < -0.4 is 5.32 Å². The Kier molecular flexibility index (Phi) is 5.84. The van der Waals surface area contributed by atoms with Crippen molar-refractivity contribution in [2.24, 2.45) is 0 Å². The van der Waals surface area contributed by atoms with E-state index in [4.69, 9.17) is 0 Å². The van der Waals surface area contributed by atoms with Gasteiger partial charge < -0.3 is 10.2 Å². The van der Waals surface area contributed by atoms with Gasteiger partial charge in [0.15, 0.2) is 0 Å². The van der Waals surface area contributed by atoms with Crippen LogP contribution in [0.4, 0.5) is 0 Å². The first-order chi connectivity index (χ1) is 12.1. The summed E-state index contributed by atoms with van der Waals surface area (Å²) in [4.78, 5) is 17.5. The quantitative estimate of drug-likeness (QED) is 0.911. The fourth-order valence-corrected chi connectivity index (χ4v) is 3.24. The number of likely N-dealkylation sites (N-methyl/N-ethyl adjacent to an activating group) is 1. The molecule has 2 aromatic carbocycles. The number of carbonyl (C=O) groups is 1. The number of carbonyl (C=O) groups excluding carboxylic acids is 1. The molecule has 3 rings (SSSR count). The molecule has 4 heteroatoms. The van der Waals surface area contributed by atoms with Crippen LogP contribution in [-0.2, 0) is 0 Å². The molecule has 1 unspecified atom stereocenters. The molecule has 1 N–H and O–H groups in total. The summed E-state index contributed by atoms with van der Waals surface area (Å²) in [5.74, 6) is -0.00770. The van der Waals surface area contributed by atoms with Crippen molar-refractivity contribution in [3.63, 3.8) is 0 Å². The number of hydrogen-bond donors (Lipinski definition) is 1. The predicted molar refractivity (Wildman–Crippen MR) is 102 cm³/mol. The molecule has 1 aliphatic heterocycles. The van der Waals surface area contributed by atoms with E-state index in [1.54, 1.807) is 0 Å². The van der Waals surface area contributed by atoms with Gasteiger partial charge in [0.2, 0.25) is 0 Å². The fourth-order valence-electron chi connectivity index (χ4n) is 3.24. The lowest BCUT2D eigenvalue weighted by Crippen LogP contribution is -2.47. The first-order valence-corrected chi connectivity index (χ1v) is 8.95. The lowest BCUT2D eigenvalue weighted by molar-refractivity contribution is 0.0907. The first kappa shape index (κ1) is 17.6. The second-order valence-electron chi connectivity index (χ2n) is 6.91. The van der Waals surface area contributed by atoms with Gasteiger partial charge >= 0.3 is 0 Å². The number of hydrogen-bond acceptors (Lipinski definition) is 3. The second-order valence-corrected chi connectivity index (χ2v) is 6.91. The molecule has 4 nitrogen and oxygen atoms in total. The summed E-state index contributed by atoms with van der Waals surface area (Å²) < 4.78 is 0. The molecule has 0 aliphatic carbocycles. The van der Waals surface area contributed by atoms with E-state index < -0.39 is 0 Å². The average Bonchev–Trinajstić information content (AvgIpc) is 2.63. The Hall–Kier alpha value is -2.17. The van der Waals surface area contributed by atoms with Crippen LogP contribution >= 0.6 is 0 Å². The summed E-state index contributed by atoms with van der Waals surface area (Å²) in [6.07, 6.45) is 0. The lowest BCUT2D eigenvalue weighted by Gasteiger charge is -2.35. The second kappa shape index (κ2) is 8.28. The van der Waals surface area contributed by atoms with Crippen molar-refractivity contribution in [3.05, 3.63) is 71.3 Å². The van der Waals surface area contributed by atoms with Gasteiger partial charge in [0.1, 0.15) is 0 Å². The molecule has 0 radical (unpaired) electrons. The molecule has 1 fully saturated rings. The molecule has 2 aromatic rings. The highest BCUT2D eigenvalue weighted by Crippen LogP contribution is 2.17. The fraction of sp³-hybridized carbons (Fsp3) is 0.381. The van der Waals surface area contributed by atoms with Crippen LogP contribution in [0, 0.1) is 6.92 Å². The van der Waals surface area contributed by atoms with E-state index in [1.807, 2.05) is 49.4 Å². The molecule has 0 aromatic heterocycles. The van der Waals surface area contributed by atoms with Crippen molar-refractivity contribution in [1.82, 2.24) is 15.1 Å². The molecule has 1 atom stereocenters. The number of benzene rings is 2. The normalized spacial score (nSPS) is 17.2. The van der Waals surface area contributed by atoms with Gasteiger partial charge in [-0.3, -0.25) is 9.69 Å². The van der Waals surface area contributed by atoms with Crippen molar-refractivity contribution in [3.8, 4) is 0 Å². The van der Waals surface area contributed by atoms with E-state index in [0.717, 1.165) is 49.4 Å². The molecular weight excluding hydrogens is 310 g/mol. The van der Waals surface area contributed by atoms with Crippen LogP contribution in [0.5, 0.6) is 0 Å². The van der Waals surface area contributed by atoms with Gasteiger partial charge in [-0.2, -0.15) is 0 Å². The Bertz CT molecular complexity index is 693. The van der Waals surface area contributed by atoms with Gasteiger partial charge in [0.25, 0.3) is 5.91 Å². The van der Waals surface area contributed by atoms with Crippen molar-refractivity contribution in [2.75, 3.05) is 39.8 Å². The average molecular weight is 337 g/mol. The Morgan fingerprint density at radius 3 is 2.44 bits per heavy atom. The Morgan fingerprint density at radius 1 is 1.04 bits per heavy atom. The maximum Gasteiger partial charge on any atom is 0.251 e. The van der Waals surface area contributed by atoms with E-state index in [2.05, 4.69) is 34.3 Å². The molecule has 0 bridgehead atoms. The van der Waals surface area contributed by atoms with Crippen LogP contribution in [0.25, 0.3) is 0 Å². The molecule has 0 spiro atoms. The highest BCUT2D eigenvalue weighted by atomic mass is 16.1. The minimum atomic E-state index is -0.00770. The largest absolute Gasteiger partial charge is 0.344 e. The molecule has 1 aliphatic rings. The van der Waals surface area contributed by atoms with Crippen LogP contribution in [0.2, 0.25) is 0 Å². The van der Waals surface area contributed by atoms with E-state index in [1.165, 1.54) is 0 Å². The maximum absolute atomic E-state index is 12.7. The van der Waals surface area contributed by atoms with Crippen LogP contribution in [0.15, 0.2) is 54.6 Å². The van der Waals surface area contributed by atoms with Gasteiger partial charge in [0.05, 0.1) is 6.04 Å². The van der Waals surface area contributed by atoms with Crippen molar-refractivity contribution in [2.45, 2.75) is 13.0 Å². The van der Waals surface area contributed by atoms with Crippen LogP contribution in [0.3, 0.4) is 0 Å². The molecule has 0 saturated carbocycles. The number of aryl methyl sites for hydroxylation is 1. The third kappa shape index (κ3) is 4.91. The third-order valence-electron chi connectivity index (χ3n) is 4.82. The molecular formula is C21H27N3O. The Labute approximate surface area is 150 Å².